The molecule has 3 aliphatic heterocycles. The summed E-state index contributed by atoms with van der Waals surface area (Å²) in [7, 11) is 3.12. The minimum absolute atomic E-state index is 0.196. The number of hydrogen-bond acceptors (Lipinski definition) is 6. The molecule has 3 aromatic rings. The first kappa shape index (κ1) is 22.1. The smallest absolute Gasteiger partial charge is 0.240 e. The fraction of sp³-hybridized carbons (Fsp3) is 0.207. The van der Waals surface area contributed by atoms with Gasteiger partial charge in [0.15, 0.2) is 5.78 Å². The van der Waals surface area contributed by atoms with E-state index in [1.165, 1.54) is 4.90 Å². The predicted octanol–water partition coefficient (Wildman–Crippen LogP) is 3.98. The highest BCUT2D eigenvalue weighted by atomic mass is 16.5. The molecule has 0 spiro atoms. The number of fused-ring (bicyclic) bond motifs is 5. The van der Waals surface area contributed by atoms with Crippen LogP contribution in [-0.4, -0.2) is 43.9 Å². The molecule has 3 aliphatic rings. The number of imide groups is 1. The summed E-state index contributed by atoms with van der Waals surface area (Å²) in [5.74, 6) is -1.06. The Balaban J connectivity index is 1.46. The van der Waals surface area contributed by atoms with E-state index in [1.807, 2.05) is 41.3 Å². The molecule has 2 saturated heterocycles. The van der Waals surface area contributed by atoms with Gasteiger partial charge in [-0.15, -0.1) is 0 Å². The van der Waals surface area contributed by atoms with Crippen LogP contribution in [-0.2, 0) is 9.59 Å². The van der Waals surface area contributed by atoms with Crippen molar-refractivity contribution < 1.29 is 23.9 Å². The highest BCUT2D eigenvalue weighted by Gasteiger charge is 2.64. The average Bonchev–Trinajstić information content (AvgIpc) is 3.41. The van der Waals surface area contributed by atoms with Crippen molar-refractivity contribution in [2.24, 2.45) is 11.8 Å². The second-order valence-corrected chi connectivity index (χ2v) is 9.11. The van der Waals surface area contributed by atoms with Crippen molar-refractivity contribution >= 4 is 35.0 Å². The number of ketones is 1. The van der Waals surface area contributed by atoms with Gasteiger partial charge in [0.2, 0.25) is 11.8 Å². The summed E-state index contributed by atoms with van der Waals surface area (Å²) in [6, 6.07) is 20.2. The quantitative estimate of drug-likeness (QED) is 0.406. The summed E-state index contributed by atoms with van der Waals surface area (Å²) in [5, 5.41) is 0. The lowest BCUT2D eigenvalue weighted by Gasteiger charge is -2.36. The fourth-order valence-corrected chi connectivity index (χ4v) is 5.73. The number of nitrogens with zero attached hydrogens (tertiary/aromatic N) is 2. The maximum absolute atomic E-state index is 14.0. The van der Waals surface area contributed by atoms with Crippen LogP contribution >= 0.6 is 0 Å². The Morgan fingerprint density at radius 1 is 0.778 bits per heavy atom. The van der Waals surface area contributed by atoms with E-state index in [0.29, 0.717) is 22.7 Å². The maximum atomic E-state index is 14.0. The van der Waals surface area contributed by atoms with Gasteiger partial charge >= 0.3 is 0 Å². The van der Waals surface area contributed by atoms with Gasteiger partial charge in [-0.3, -0.25) is 14.4 Å². The summed E-state index contributed by atoms with van der Waals surface area (Å²) in [4.78, 5) is 44.9. The molecule has 4 atom stereocenters. The monoisotopic (exact) mass is 480 g/mol. The van der Waals surface area contributed by atoms with Crippen LogP contribution in [0.25, 0.3) is 6.08 Å². The maximum Gasteiger partial charge on any atom is 0.240 e. The molecule has 0 saturated carbocycles. The number of hydrogen-bond donors (Lipinski definition) is 0. The van der Waals surface area contributed by atoms with Crippen LogP contribution in [0.15, 0.2) is 78.9 Å². The standard InChI is InChI=1S/C29H24N2O5/c1-35-20-12-7-18(8-13-20)27(32)26-25-24(23-16-9-17-5-3-4-6-22(17)31(23)26)28(33)30(29(25)34)19-10-14-21(36-2)15-11-19/h3-16,23-26H,1-2H3. The summed E-state index contributed by atoms with van der Waals surface area (Å²) < 4.78 is 10.5. The number of para-hydroxylation sites is 1. The van der Waals surface area contributed by atoms with E-state index in [0.717, 1.165) is 11.3 Å². The van der Waals surface area contributed by atoms with Crippen molar-refractivity contribution in [1.29, 1.82) is 0 Å². The van der Waals surface area contributed by atoms with Crippen molar-refractivity contribution in [3.63, 3.8) is 0 Å². The molecule has 180 valence electrons. The van der Waals surface area contributed by atoms with E-state index in [-0.39, 0.29) is 17.6 Å². The van der Waals surface area contributed by atoms with Gasteiger partial charge in [0.25, 0.3) is 0 Å². The Morgan fingerprint density at radius 2 is 1.39 bits per heavy atom. The van der Waals surface area contributed by atoms with Crippen molar-refractivity contribution in [2.75, 3.05) is 24.0 Å². The number of carbonyl (C=O) groups is 3. The van der Waals surface area contributed by atoms with Gasteiger partial charge in [0.1, 0.15) is 17.5 Å². The third-order valence-corrected chi connectivity index (χ3v) is 7.39. The largest absolute Gasteiger partial charge is 0.497 e. The van der Waals surface area contributed by atoms with Crippen LogP contribution in [0.1, 0.15) is 15.9 Å². The molecule has 0 aromatic heterocycles. The third kappa shape index (κ3) is 3.16. The van der Waals surface area contributed by atoms with E-state index in [9.17, 15) is 14.4 Å². The summed E-state index contributed by atoms with van der Waals surface area (Å²) in [6.45, 7) is 0. The third-order valence-electron chi connectivity index (χ3n) is 7.39. The lowest BCUT2D eigenvalue weighted by molar-refractivity contribution is -0.122. The van der Waals surface area contributed by atoms with Crippen LogP contribution in [0.5, 0.6) is 11.5 Å². The fourth-order valence-electron chi connectivity index (χ4n) is 5.73. The molecule has 0 N–H and O–H groups in total. The molecule has 4 unspecified atom stereocenters. The molecule has 36 heavy (non-hydrogen) atoms. The molecule has 2 fully saturated rings. The van der Waals surface area contributed by atoms with Gasteiger partial charge in [-0.25, -0.2) is 4.90 Å². The first-order valence-electron chi connectivity index (χ1n) is 11.8. The summed E-state index contributed by atoms with van der Waals surface area (Å²) in [6.07, 6.45) is 3.92. The normalized spacial score (nSPS) is 23.8. The minimum Gasteiger partial charge on any atom is -0.497 e. The van der Waals surface area contributed by atoms with Crippen molar-refractivity contribution in [1.82, 2.24) is 0 Å². The van der Waals surface area contributed by atoms with E-state index in [2.05, 4.69) is 0 Å². The number of anilines is 2. The first-order valence-corrected chi connectivity index (χ1v) is 11.8. The number of rotatable bonds is 5. The lowest BCUT2D eigenvalue weighted by Crippen LogP contribution is -2.48. The molecular weight excluding hydrogens is 456 g/mol. The lowest BCUT2D eigenvalue weighted by atomic mass is 9.86. The number of carbonyl (C=O) groups excluding carboxylic acids is 3. The highest BCUT2D eigenvalue weighted by Crippen LogP contribution is 2.49. The van der Waals surface area contributed by atoms with E-state index < -0.39 is 23.9 Å². The van der Waals surface area contributed by atoms with Gasteiger partial charge in [-0.1, -0.05) is 30.4 Å². The van der Waals surface area contributed by atoms with Crippen LogP contribution in [0, 0.1) is 11.8 Å². The van der Waals surface area contributed by atoms with Crippen LogP contribution in [0.3, 0.4) is 0 Å². The van der Waals surface area contributed by atoms with Crippen LogP contribution < -0.4 is 19.3 Å². The van der Waals surface area contributed by atoms with E-state index in [1.54, 1.807) is 62.8 Å². The van der Waals surface area contributed by atoms with Crippen molar-refractivity contribution in [2.45, 2.75) is 12.1 Å². The number of amides is 2. The molecule has 3 aromatic carbocycles. The van der Waals surface area contributed by atoms with Gasteiger partial charge in [0, 0.05) is 11.3 Å². The topological polar surface area (TPSA) is 76.1 Å². The first-order chi connectivity index (χ1) is 17.5. The number of ether oxygens (including phenoxy) is 2. The molecule has 0 radical (unpaired) electrons. The van der Waals surface area contributed by atoms with Crippen molar-refractivity contribution in [3.05, 3.63) is 90.0 Å². The number of benzene rings is 3. The molecular formula is C29H24N2O5. The Kier molecular flexibility index (Phi) is 5.14. The zero-order valence-electron chi connectivity index (χ0n) is 19.8. The zero-order chi connectivity index (χ0) is 25.0. The van der Waals surface area contributed by atoms with Crippen LogP contribution in [0.2, 0.25) is 0 Å². The van der Waals surface area contributed by atoms with Crippen molar-refractivity contribution in [3.8, 4) is 11.5 Å². The Labute approximate surface area is 208 Å². The molecule has 7 heteroatoms. The molecule has 7 nitrogen and oxygen atoms in total. The second-order valence-electron chi connectivity index (χ2n) is 9.11. The van der Waals surface area contributed by atoms with Crippen LogP contribution in [0.4, 0.5) is 11.4 Å². The Hall–Kier alpha value is -4.39. The predicted molar refractivity (Wildman–Crippen MR) is 135 cm³/mol. The molecule has 0 aliphatic carbocycles. The Bertz CT molecular complexity index is 1400. The van der Waals surface area contributed by atoms with Gasteiger partial charge in [0.05, 0.1) is 37.8 Å². The number of Topliss-reactive ketones (excluding diaryl/α,β-unsaturated/α-hetero) is 1. The number of methoxy groups -OCH3 is 2. The highest BCUT2D eigenvalue weighted by molar-refractivity contribution is 6.25. The molecule has 3 heterocycles. The van der Waals surface area contributed by atoms with E-state index in [4.69, 9.17) is 9.47 Å². The van der Waals surface area contributed by atoms with Gasteiger partial charge in [-0.05, 0) is 60.2 Å². The van der Waals surface area contributed by atoms with Gasteiger partial charge in [-0.2, -0.15) is 0 Å². The second kappa shape index (κ2) is 8.37. The molecule has 0 bridgehead atoms. The summed E-state index contributed by atoms with van der Waals surface area (Å²) in [5.41, 5.74) is 2.74. The molecule has 6 rings (SSSR count). The Morgan fingerprint density at radius 3 is 2.06 bits per heavy atom. The van der Waals surface area contributed by atoms with Gasteiger partial charge < -0.3 is 14.4 Å². The zero-order valence-corrected chi connectivity index (χ0v) is 19.8. The SMILES string of the molecule is COc1ccc(C(=O)C2C3C(=O)N(c4ccc(OC)cc4)C(=O)C3C3C=Cc4ccccc4N32)cc1. The van der Waals surface area contributed by atoms with E-state index >= 15 is 0 Å². The average molecular weight is 481 g/mol. The minimum atomic E-state index is -0.820. The molecule has 2 amide bonds. The summed E-state index contributed by atoms with van der Waals surface area (Å²) >= 11 is 0.